The Bertz CT molecular complexity index is 294. The van der Waals surface area contributed by atoms with Crippen LogP contribution in [0.5, 0.6) is 0 Å². The van der Waals surface area contributed by atoms with Crippen molar-refractivity contribution in [3.05, 3.63) is 0 Å². The van der Waals surface area contributed by atoms with Gasteiger partial charge in [0.1, 0.15) is 0 Å². The molecule has 0 spiro atoms. The zero-order chi connectivity index (χ0) is 12.5. The summed E-state index contributed by atoms with van der Waals surface area (Å²) in [6.45, 7) is 3.49. The van der Waals surface area contributed by atoms with Crippen LogP contribution in [0.15, 0.2) is 0 Å². The molecule has 1 saturated heterocycles. The third-order valence-corrected chi connectivity index (χ3v) is 4.48. The largest absolute Gasteiger partial charge is 0.481 e. The molecular formula is C13H23NO3. The van der Waals surface area contributed by atoms with Crippen LogP contribution < -0.4 is 0 Å². The zero-order valence-electron chi connectivity index (χ0n) is 10.6. The minimum atomic E-state index is -0.658. The summed E-state index contributed by atoms with van der Waals surface area (Å²) in [6.07, 6.45) is 5.10. The van der Waals surface area contributed by atoms with Gasteiger partial charge in [-0.2, -0.15) is 0 Å². The van der Waals surface area contributed by atoms with E-state index in [2.05, 4.69) is 4.90 Å². The third kappa shape index (κ3) is 2.33. The maximum atomic E-state index is 11.5. The molecule has 0 bridgehead atoms. The van der Waals surface area contributed by atoms with Crippen molar-refractivity contribution in [2.24, 2.45) is 5.41 Å². The lowest BCUT2D eigenvalue weighted by molar-refractivity contribution is -0.148. The van der Waals surface area contributed by atoms with Gasteiger partial charge in [-0.25, -0.2) is 0 Å². The summed E-state index contributed by atoms with van der Waals surface area (Å²) >= 11 is 0. The molecule has 98 valence electrons. The first-order valence-electron chi connectivity index (χ1n) is 6.74. The first-order chi connectivity index (χ1) is 8.09. The lowest BCUT2D eigenvalue weighted by Crippen LogP contribution is -2.42. The number of nitrogens with zero attached hydrogens (tertiary/aromatic N) is 1. The van der Waals surface area contributed by atoms with E-state index in [1.807, 2.05) is 6.92 Å². The molecule has 0 aromatic heterocycles. The lowest BCUT2D eigenvalue weighted by atomic mass is 9.82. The second-order valence-electron chi connectivity index (χ2n) is 5.62. The van der Waals surface area contributed by atoms with Crippen molar-refractivity contribution in [1.82, 2.24) is 4.90 Å². The Labute approximate surface area is 103 Å². The molecule has 2 N–H and O–H groups in total. The molecule has 0 radical (unpaired) electrons. The van der Waals surface area contributed by atoms with Gasteiger partial charge >= 0.3 is 5.97 Å². The van der Waals surface area contributed by atoms with Crippen molar-refractivity contribution in [2.75, 3.05) is 13.1 Å². The van der Waals surface area contributed by atoms with Gasteiger partial charge < -0.3 is 10.2 Å². The van der Waals surface area contributed by atoms with E-state index >= 15 is 0 Å². The van der Waals surface area contributed by atoms with E-state index < -0.39 is 11.4 Å². The van der Waals surface area contributed by atoms with Crippen LogP contribution >= 0.6 is 0 Å². The van der Waals surface area contributed by atoms with Crippen LogP contribution in [0, 0.1) is 5.41 Å². The summed E-state index contributed by atoms with van der Waals surface area (Å²) in [4.78, 5) is 13.7. The maximum absolute atomic E-state index is 11.5. The summed E-state index contributed by atoms with van der Waals surface area (Å²) in [5.74, 6) is -0.658. The van der Waals surface area contributed by atoms with Gasteiger partial charge in [-0.1, -0.05) is 13.3 Å². The fourth-order valence-corrected chi connectivity index (χ4v) is 3.50. The minimum Gasteiger partial charge on any atom is -0.481 e. The Hall–Kier alpha value is -0.610. The van der Waals surface area contributed by atoms with Gasteiger partial charge in [-0.05, 0) is 38.6 Å². The summed E-state index contributed by atoms with van der Waals surface area (Å²) in [5.41, 5.74) is -0.558. The highest BCUT2D eigenvalue weighted by Gasteiger charge is 2.47. The highest BCUT2D eigenvalue weighted by Crippen LogP contribution is 2.39. The lowest BCUT2D eigenvalue weighted by Gasteiger charge is -2.29. The Morgan fingerprint density at radius 1 is 1.47 bits per heavy atom. The molecule has 0 amide bonds. The van der Waals surface area contributed by atoms with Gasteiger partial charge in [0.2, 0.25) is 0 Å². The number of hydrogen-bond donors (Lipinski definition) is 2. The smallest absolute Gasteiger partial charge is 0.310 e. The molecule has 1 aliphatic heterocycles. The number of carbonyl (C=O) groups is 1. The Kier molecular flexibility index (Phi) is 3.73. The van der Waals surface area contributed by atoms with Gasteiger partial charge in [0, 0.05) is 12.6 Å². The fraction of sp³-hybridized carbons (Fsp3) is 0.923. The van der Waals surface area contributed by atoms with Gasteiger partial charge in [0.15, 0.2) is 0 Å². The quantitative estimate of drug-likeness (QED) is 0.782. The Balaban J connectivity index is 2.04. The number of aliphatic hydroxyl groups excluding tert-OH is 1. The van der Waals surface area contributed by atoms with Crippen molar-refractivity contribution in [3.8, 4) is 0 Å². The van der Waals surface area contributed by atoms with Crippen molar-refractivity contribution < 1.29 is 15.0 Å². The number of carboxylic acid groups (broad SMARTS) is 1. The van der Waals surface area contributed by atoms with E-state index in [1.165, 1.54) is 0 Å². The van der Waals surface area contributed by atoms with Crippen LogP contribution in [0.25, 0.3) is 0 Å². The van der Waals surface area contributed by atoms with Gasteiger partial charge in [0.25, 0.3) is 0 Å². The average molecular weight is 241 g/mol. The first kappa shape index (κ1) is 12.8. The monoisotopic (exact) mass is 241 g/mol. The van der Waals surface area contributed by atoms with Gasteiger partial charge in [0.05, 0.1) is 11.5 Å². The van der Waals surface area contributed by atoms with Crippen molar-refractivity contribution in [3.63, 3.8) is 0 Å². The van der Waals surface area contributed by atoms with E-state index in [1.54, 1.807) is 0 Å². The Morgan fingerprint density at radius 3 is 2.76 bits per heavy atom. The van der Waals surface area contributed by atoms with Crippen LogP contribution in [0.1, 0.15) is 45.4 Å². The molecule has 3 atom stereocenters. The number of likely N-dealkylation sites (tertiary alicyclic amines) is 1. The number of aliphatic carboxylic acids is 1. The molecule has 2 rings (SSSR count). The van der Waals surface area contributed by atoms with E-state index in [-0.39, 0.29) is 12.1 Å². The molecule has 4 heteroatoms. The molecular weight excluding hydrogens is 218 g/mol. The van der Waals surface area contributed by atoms with Gasteiger partial charge in [-0.15, -0.1) is 0 Å². The highest BCUT2D eigenvalue weighted by molar-refractivity contribution is 5.75. The summed E-state index contributed by atoms with van der Waals surface area (Å²) in [7, 11) is 0. The fourth-order valence-electron chi connectivity index (χ4n) is 3.50. The number of aliphatic hydroxyl groups is 1. The number of hydrogen-bond acceptors (Lipinski definition) is 3. The van der Waals surface area contributed by atoms with Crippen LogP contribution in [-0.4, -0.2) is 46.3 Å². The molecule has 2 fully saturated rings. The zero-order valence-corrected chi connectivity index (χ0v) is 10.6. The molecule has 1 heterocycles. The van der Waals surface area contributed by atoms with Crippen LogP contribution in [-0.2, 0) is 4.79 Å². The molecule has 0 aromatic carbocycles. The maximum Gasteiger partial charge on any atom is 0.310 e. The van der Waals surface area contributed by atoms with E-state index in [4.69, 9.17) is 0 Å². The van der Waals surface area contributed by atoms with Crippen molar-refractivity contribution in [1.29, 1.82) is 0 Å². The summed E-state index contributed by atoms with van der Waals surface area (Å²) < 4.78 is 0. The highest BCUT2D eigenvalue weighted by atomic mass is 16.4. The van der Waals surface area contributed by atoms with E-state index in [9.17, 15) is 15.0 Å². The molecule has 1 aliphatic carbocycles. The van der Waals surface area contributed by atoms with Crippen molar-refractivity contribution >= 4 is 5.97 Å². The van der Waals surface area contributed by atoms with Crippen LogP contribution in [0.3, 0.4) is 0 Å². The predicted molar refractivity (Wildman–Crippen MR) is 64.8 cm³/mol. The van der Waals surface area contributed by atoms with Crippen LogP contribution in [0.4, 0.5) is 0 Å². The van der Waals surface area contributed by atoms with Crippen molar-refractivity contribution in [2.45, 2.75) is 57.6 Å². The summed E-state index contributed by atoms with van der Waals surface area (Å²) in [5, 5.41) is 19.3. The van der Waals surface area contributed by atoms with Crippen LogP contribution in [0.2, 0.25) is 0 Å². The Morgan fingerprint density at radius 2 is 2.24 bits per heavy atom. The second-order valence-corrected chi connectivity index (χ2v) is 5.62. The standard InChI is InChI=1S/C13H23NO3/c1-2-6-13(12(16)17)7-8-14(9-13)10-4-3-5-11(10)15/h10-11,15H,2-9H2,1H3,(H,16,17). The first-order valence-corrected chi connectivity index (χ1v) is 6.74. The summed E-state index contributed by atoms with van der Waals surface area (Å²) in [6, 6.07) is 0.202. The molecule has 1 saturated carbocycles. The number of carboxylic acids is 1. The molecule has 0 aromatic rings. The second kappa shape index (κ2) is 4.94. The van der Waals surface area contributed by atoms with E-state index in [0.29, 0.717) is 6.54 Å². The minimum absolute atomic E-state index is 0.202. The van der Waals surface area contributed by atoms with Gasteiger partial charge in [-0.3, -0.25) is 9.69 Å². The predicted octanol–water partition coefficient (Wildman–Crippen LogP) is 1.48. The third-order valence-electron chi connectivity index (χ3n) is 4.48. The molecule has 4 nitrogen and oxygen atoms in total. The normalized spacial score (nSPS) is 38.7. The SMILES string of the molecule is CCCC1(C(=O)O)CCN(C2CCCC2O)C1. The molecule has 2 aliphatic rings. The van der Waals surface area contributed by atoms with E-state index in [0.717, 1.165) is 45.1 Å². The number of rotatable bonds is 4. The average Bonchev–Trinajstić information content (AvgIpc) is 2.86. The molecule has 3 unspecified atom stereocenters. The molecule has 17 heavy (non-hydrogen) atoms. The topological polar surface area (TPSA) is 60.8 Å².